The second kappa shape index (κ2) is 9.43. The van der Waals surface area contributed by atoms with Gasteiger partial charge in [0.25, 0.3) is 11.6 Å². The van der Waals surface area contributed by atoms with Crippen molar-refractivity contribution < 1.29 is 31.7 Å². The number of piperazine rings is 1. The number of piperidine rings is 1. The van der Waals surface area contributed by atoms with Gasteiger partial charge < -0.3 is 14.7 Å². The van der Waals surface area contributed by atoms with E-state index in [1.54, 1.807) is 6.07 Å². The monoisotopic (exact) mass is 484 g/mol. The molecule has 0 unspecified atom stereocenters. The topological polar surface area (TPSA) is 69.9 Å². The molecular weight excluding hydrogens is 463 g/mol. The zero-order chi connectivity index (χ0) is 24.6. The van der Waals surface area contributed by atoms with Crippen LogP contribution in [0.15, 0.2) is 18.2 Å². The van der Waals surface area contributed by atoms with Gasteiger partial charge in [-0.25, -0.2) is 22.0 Å². The molecule has 0 atom stereocenters. The summed E-state index contributed by atoms with van der Waals surface area (Å²) in [6, 6.07) is 4.25. The normalized spacial score (nSPS) is 16.7. The van der Waals surface area contributed by atoms with Gasteiger partial charge in [-0.2, -0.15) is 0 Å². The van der Waals surface area contributed by atoms with Crippen molar-refractivity contribution in [1.29, 1.82) is 0 Å². The Morgan fingerprint density at radius 1 is 0.765 bits per heavy atom. The zero-order valence-electron chi connectivity index (χ0n) is 18.0. The first-order chi connectivity index (χ1) is 16.2. The first kappa shape index (κ1) is 23.7. The second-order valence-corrected chi connectivity index (χ2v) is 8.21. The average Bonchev–Trinajstić information content (AvgIpc) is 2.86. The Hall–Kier alpha value is -3.44. The van der Waals surface area contributed by atoms with E-state index in [0.29, 0.717) is 18.8 Å². The first-order valence-electron chi connectivity index (χ1n) is 10.8. The van der Waals surface area contributed by atoms with Gasteiger partial charge in [0.2, 0.25) is 5.82 Å². The number of hydrogen-bond donors (Lipinski definition) is 0. The number of carbonyl (C=O) groups is 1. The summed E-state index contributed by atoms with van der Waals surface area (Å²) >= 11 is 0. The van der Waals surface area contributed by atoms with Crippen molar-refractivity contribution in [3.05, 3.63) is 63.0 Å². The van der Waals surface area contributed by atoms with E-state index in [-0.39, 0.29) is 37.4 Å². The van der Waals surface area contributed by atoms with Gasteiger partial charge in [0.05, 0.1) is 4.92 Å². The number of benzene rings is 2. The molecule has 0 aliphatic carbocycles. The highest BCUT2D eigenvalue weighted by atomic mass is 19.2. The fraction of sp³-hybridized carbons (Fsp3) is 0.409. The average molecular weight is 484 g/mol. The zero-order valence-corrected chi connectivity index (χ0v) is 18.0. The van der Waals surface area contributed by atoms with Crippen molar-refractivity contribution in [2.75, 3.05) is 49.1 Å². The van der Waals surface area contributed by atoms with E-state index in [1.165, 1.54) is 17.0 Å². The minimum atomic E-state index is -2.23. The molecule has 2 aromatic carbocycles. The largest absolute Gasteiger partial charge is 0.366 e. The molecule has 0 N–H and O–H groups in total. The Kier molecular flexibility index (Phi) is 6.58. The van der Waals surface area contributed by atoms with Crippen LogP contribution in [0, 0.1) is 39.2 Å². The van der Waals surface area contributed by atoms with E-state index in [4.69, 9.17) is 0 Å². The summed E-state index contributed by atoms with van der Waals surface area (Å²) in [5.74, 6) is -10.7. The van der Waals surface area contributed by atoms with Crippen LogP contribution in [-0.4, -0.2) is 55.0 Å². The molecule has 2 aliphatic rings. The van der Waals surface area contributed by atoms with E-state index in [9.17, 15) is 36.9 Å². The van der Waals surface area contributed by atoms with Crippen LogP contribution in [0.3, 0.4) is 0 Å². The lowest BCUT2D eigenvalue weighted by molar-refractivity contribution is -0.384. The number of anilines is 2. The minimum absolute atomic E-state index is 0.0694. The summed E-state index contributed by atoms with van der Waals surface area (Å²) in [6.45, 7) is 0.873. The van der Waals surface area contributed by atoms with Gasteiger partial charge in [-0.05, 0) is 31.4 Å². The molecule has 12 heteroatoms. The standard InChI is InChI=1S/C22H21F5N4O3/c23-16-17(24)19(26)21(20(27)18(16)25)29-8-10-30(11-9-29)22(32)13-4-5-14(15(12-13)31(33)34)28-6-2-1-3-7-28/h4-5,12H,1-3,6-11H2. The second-order valence-electron chi connectivity index (χ2n) is 8.21. The summed E-state index contributed by atoms with van der Waals surface area (Å²) < 4.78 is 68.6. The highest BCUT2D eigenvalue weighted by Crippen LogP contribution is 2.33. The van der Waals surface area contributed by atoms with Crippen LogP contribution in [0.25, 0.3) is 0 Å². The fourth-order valence-corrected chi connectivity index (χ4v) is 4.39. The van der Waals surface area contributed by atoms with E-state index in [1.807, 2.05) is 4.90 Å². The highest BCUT2D eigenvalue weighted by Gasteiger charge is 2.32. The lowest BCUT2D eigenvalue weighted by Gasteiger charge is -2.36. The van der Waals surface area contributed by atoms with Crippen molar-refractivity contribution in [2.24, 2.45) is 0 Å². The minimum Gasteiger partial charge on any atom is -0.366 e. The van der Waals surface area contributed by atoms with Gasteiger partial charge in [0, 0.05) is 50.9 Å². The molecule has 0 bridgehead atoms. The van der Waals surface area contributed by atoms with E-state index < -0.39 is 45.6 Å². The summed E-state index contributed by atoms with van der Waals surface area (Å²) in [7, 11) is 0. The molecule has 2 fully saturated rings. The lowest BCUT2D eigenvalue weighted by Crippen LogP contribution is -2.49. The van der Waals surface area contributed by atoms with Gasteiger partial charge in [-0.1, -0.05) is 0 Å². The smallest absolute Gasteiger partial charge is 0.293 e. The van der Waals surface area contributed by atoms with E-state index in [0.717, 1.165) is 24.2 Å². The predicted octanol–water partition coefficient (Wildman–Crippen LogP) is 4.24. The van der Waals surface area contributed by atoms with Crippen molar-refractivity contribution in [1.82, 2.24) is 4.90 Å². The Bertz CT molecular complexity index is 1100. The van der Waals surface area contributed by atoms with Gasteiger partial charge in [0.1, 0.15) is 11.4 Å². The van der Waals surface area contributed by atoms with Crippen LogP contribution >= 0.6 is 0 Å². The molecule has 0 spiro atoms. The fourth-order valence-electron chi connectivity index (χ4n) is 4.39. The SMILES string of the molecule is O=C(c1ccc(N2CCCCC2)c([N+](=O)[O-])c1)N1CCN(c2c(F)c(F)c(F)c(F)c2F)CC1. The van der Waals surface area contributed by atoms with Crippen LogP contribution in [0.4, 0.5) is 39.0 Å². The molecule has 0 radical (unpaired) electrons. The van der Waals surface area contributed by atoms with Crippen LogP contribution < -0.4 is 9.80 Å². The van der Waals surface area contributed by atoms with Gasteiger partial charge in [0.15, 0.2) is 23.3 Å². The molecule has 7 nitrogen and oxygen atoms in total. The summed E-state index contributed by atoms with van der Waals surface area (Å²) in [5, 5.41) is 11.6. The Labute approximate surface area is 191 Å². The number of halogens is 5. The molecule has 0 saturated carbocycles. The molecule has 34 heavy (non-hydrogen) atoms. The molecular formula is C22H21F5N4O3. The Morgan fingerprint density at radius 2 is 1.32 bits per heavy atom. The highest BCUT2D eigenvalue weighted by molar-refractivity contribution is 5.96. The summed E-state index contributed by atoms with van der Waals surface area (Å²) in [4.78, 5) is 28.3. The maximum atomic E-state index is 14.1. The Morgan fingerprint density at radius 3 is 1.88 bits per heavy atom. The molecule has 4 rings (SSSR count). The number of rotatable bonds is 4. The number of amides is 1. The first-order valence-corrected chi connectivity index (χ1v) is 10.8. The number of hydrogen-bond acceptors (Lipinski definition) is 5. The molecule has 2 aromatic rings. The van der Waals surface area contributed by atoms with Crippen molar-refractivity contribution in [2.45, 2.75) is 19.3 Å². The maximum Gasteiger partial charge on any atom is 0.293 e. The maximum absolute atomic E-state index is 14.1. The third-order valence-corrected chi connectivity index (χ3v) is 6.19. The molecule has 2 aliphatic heterocycles. The molecule has 2 heterocycles. The number of nitro groups is 1. The van der Waals surface area contributed by atoms with Crippen LogP contribution in [0.1, 0.15) is 29.6 Å². The van der Waals surface area contributed by atoms with E-state index >= 15 is 0 Å². The van der Waals surface area contributed by atoms with Crippen LogP contribution in [0.5, 0.6) is 0 Å². The summed E-state index contributed by atoms with van der Waals surface area (Å²) in [6.07, 6.45) is 2.90. The number of nitrogens with zero attached hydrogens (tertiary/aromatic N) is 4. The number of nitro benzene ring substituents is 1. The molecule has 1 amide bonds. The van der Waals surface area contributed by atoms with Gasteiger partial charge in [-0.3, -0.25) is 14.9 Å². The van der Waals surface area contributed by atoms with Crippen molar-refractivity contribution in [3.8, 4) is 0 Å². The van der Waals surface area contributed by atoms with Gasteiger partial charge >= 0.3 is 0 Å². The number of carbonyl (C=O) groups excluding carboxylic acids is 1. The van der Waals surface area contributed by atoms with Crippen molar-refractivity contribution in [3.63, 3.8) is 0 Å². The molecule has 2 saturated heterocycles. The lowest BCUT2D eigenvalue weighted by atomic mass is 10.1. The molecule has 182 valence electrons. The predicted molar refractivity (Wildman–Crippen MR) is 114 cm³/mol. The third kappa shape index (κ3) is 4.24. The van der Waals surface area contributed by atoms with Gasteiger partial charge in [-0.15, -0.1) is 0 Å². The quantitative estimate of drug-likeness (QED) is 0.214. The van der Waals surface area contributed by atoms with E-state index in [2.05, 4.69) is 0 Å². The van der Waals surface area contributed by atoms with Crippen LogP contribution in [-0.2, 0) is 0 Å². The Balaban J connectivity index is 1.51. The van der Waals surface area contributed by atoms with Crippen molar-refractivity contribution >= 4 is 23.0 Å². The third-order valence-electron chi connectivity index (χ3n) is 6.19. The molecule has 0 aromatic heterocycles. The summed E-state index contributed by atoms with van der Waals surface area (Å²) in [5.41, 5.74) is -0.702. The van der Waals surface area contributed by atoms with Crippen LogP contribution in [0.2, 0.25) is 0 Å².